The Bertz CT molecular complexity index is 476. The number of hydrogen-bond donors (Lipinski definition) is 2. The molecule has 3 N–H and O–H groups in total. The van der Waals surface area contributed by atoms with Crippen LogP contribution in [0, 0.1) is 0 Å². The van der Waals surface area contributed by atoms with E-state index in [4.69, 9.17) is 5.73 Å². The van der Waals surface area contributed by atoms with E-state index >= 15 is 0 Å². The lowest BCUT2D eigenvalue weighted by Gasteiger charge is -1.99. The highest BCUT2D eigenvalue weighted by molar-refractivity contribution is 7.98. The standard InChI is InChI=1S/C10H12N6S/c1-17-8-4-2-7(3-5-8)12-16-15-10-6-9(11)13-14-10/h2-5H,6H2,1H3,(H2,11,13)(H,12,14,15). The Labute approximate surface area is 103 Å². The number of thioether (sulfide) groups is 1. The van der Waals surface area contributed by atoms with E-state index in [1.807, 2.05) is 30.5 Å². The fourth-order valence-electron chi connectivity index (χ4n) is 1.22. The minimum atomic E-state index is 0.455. The molecular formula is C10H12N6S. The summed E-state index contributed by atoms with van der Waals surface area (Å²) < 4.78 is 0. The third-order valence-corrected chi connectivity index (χ3v) is 2.81. The van der Waals surface area contributed by atoms with Gasteiger partial charge in [-0.3, -0.25) is 5.43 Å². The molecule has 1 aromatic rings. The van der Waals surface area contributed by atoms with Gasteiger partial charge in [-0.2, -0.15) is 0 Å². The molecule has 0 atom stereocenters. The molecular weight excluding hydrogens is 236 g/mol. The van der Waals surface area contributed by atoms with Crippen molar-refractivity contribution in [2.24, 2.45) is 26.3 Å². The topological polar surface area (TPSA) is 87.5 Å². The molecule has 0 radical (unpaired) electrons. The Kier molecular flexibility index (Phi) is 3.71. The summed E-state index contributed by atoms with van der Waals surface area (Å²) in [5, 5.41) is 15.1. The second-order valence-electron chi connectivity index (χ2n) is 3.32. The number of anilines is 1. The molecule has 0 fully saturated rings. The summed E-state index contributed by atoms with van der Waals surface area (Å²) in [6.45, 7) is 0. The summed E-state index contributed by atoms with van der Waals surface area (Å²) >= 11 is 1.69. The van der Waals surface area contributed by atoms with E-state index in [-0.39, 0.29) is 0 Å². The first-order chi connectivity index (χ1) is 8.28. The van der Waals surface area contributed by atoms with Crippen LogP contribution in [0.2, 0.25) is 0 Å². The maximum atomic E-state index is 5.45. The number of nitrogens with one attached hydrogen (secondary N) is 1. The van der Waals surface area contributed by atoms with Gasteiger partial charge in [0.2, 0.25) is 0 Å². The van der Waals surface area contributed by atoms with Gasteiger partial charge in [0.15, 0.2) is 5.84 Å². The Morgan fingerprint density at radius 2 is 2.06 bits per heavy atom. The number of rotatable bonds is 3. The molecule has 0 saturated carbocycles. The number of nitrogens with zero attached hydrogens (tertiary/aromatic N) is 4. The van der Waals surface area contributed by atoms with Crippen LogP contribution in [0.4, 0.5) is 5.69 Å². The van der Waals surface area contributed by atoms with Crippen LogP contribution in [0.5, 0.6) is 0 Å². The smallest absolute Gasteiger partial charge is 0.182 e. The minimum absolute atomic E-state index is 0.455. The lowest BCUT2D eigenvalue weighted by Crippen LogP contribution is -2.10. The molecule has 0 unspecified atom stereocenters. The lowest BCUT2D eigenvalue weighted by atomic mass is 10.3. The van der Waals surface area contributed by atoms with Crippen LogP contribution >= 0.6 is 11.8 Å². The van der Waals surface area contributed by atoms with Crippen LogP contribution in [-0.2, 0) is 0 Å². The van der Waals surface area contributed by atoms with Gasteiger partial charge >= 0.3 is 0 Å². The van der Waals surface area contributed by atoms with Gasteiger partial charge in [-0.15, -0.1) is 27.1 Å². The zero-order valence-corrected chi connectivity index (χ0v) is 10.1. The molecule has 0 aliphatic carbocycles. The largest absolute Gasteiger partial charge is 0.385 e. The number of benzene rings is 1. The van der Waals surface area contributed by atoms with Gasteiger partial charge < -0.3 is 5.73 Å². The lowest BCUT2D eigenvalue weighted by molar-refractivity contribution is 1.13. The zero-order chi connectivity index (χ0) is 12.1. The molecule has 2 rings (SSSR count). The molecule has 1 aromatic carbocycles. The molecule has 0 aromatic heterocycles. The number of amidine groups is 2. The molecule has 1 aliphatic heterocycles. The van der Waals surface area contributed by atoms with Gasteiger partial charge in [0.25, 0.3) is 0 Å². The summed E-state index contributed by atoms with van der Waals surface area (Å²) in [4.78, 5) is 1.20. The van der Waals surface area contributed by atoms with Crippen molar-refractivity contribution in [1.29, 1.82) is 0 Å². The van der Waals surface area contributed by atoms with E-state index in [0.717, 1.165) is 5.69 Å². The van der Waals surface area contributed by atoms with Crippen molar-refractivity contribution < 1.29 is 0 Å². The first-order valence-electron chi connectivity index (χ1n) is 4.97. The van der Waals surface area contributed by atoms with E-state index in [2.05, 4.69) is 26.0 Å². The van der Waals surface area contributed by atoms with Gasteiger partial charge in [0.05, 0.1) is 12.1 Å². The van der Waals surface area contributed by atoms with Crippen LogP contribution in [-0.4, -0.2) is 17.9 Å². The van der Waals surface area contributed by atoms with Gasteiger partial charge in [-0.05, 0) is 30.5 Å². The molecule has 1 aliphatic rings. The van der Waals surface area contributed by atoms with Crippen molar-refractivity contribution >= 4 is 29.1 Å². The maximum absolute atomic E-state index is 5.45. The third kappa shape index (κ3) is 3.28. The molecule has 6 nitrogen and oxygen atoms in total. The Morgan fingerprint density at radius 1 is 1.29 bits per heavy atom. The van der Waals surface area contributed by atoms with Gasteiger partial charge in [0.1, 0.15) is 5.84 Å². The maximum Gasteiger partial charge on any atom is 0.182 e. The molecule has 17 heavy (non-hydrogen) atoms. The molecule has 1 heterocycles. The Morgan fingerprint density at radius 3 is 2.65 bits per heavy atom. The highest BCUT2D eigenvalue weighted by Gasteiger charge is 2.07. The fraction of sp³-hybridized carbons (Fsp3) is 0.200. The molecule has 0 amide bonds. The molecule has 0 bridgehead atoms. The average Bonchev–Trinajstić information content (AvgIpc) is 2.76. The summed E-state index contributed by atoms with van der Waals surface area (Å²) in [5.41, 5.74) is 9.14. The quantitative estimate of drug-likeness (QED) is 0.488. The fourth-order valence-corrected chi connectivity index (χ4v) is 1.62. The van der Waals surface area contributed by atoms with E-state index < -0.39 is 0 Å². The second-order valence-corrected chi connectivity index (χ2v) is 4.20. The van der Waals surface area contributed by atoms with Crippen LogP contribution in [0.1, 0.15) is 6.42 Å². The second kappa shape index (κ2) is 5.44. The molecule has 88 valence electrons. The van der Waals surface area contributed by atoms with Gasteiger partial charge in [-0.25, -0.2) is 0 Å². The number of nitrogens with two attached hydrogens (primary N) is 1. The van der Waals surface area contributed by atoms with Crippen molar-refractivity contribution in [1.82, 2.24) is 0 Å². The van der Waals surface area contributed by atoms with Crippen LogP contribution in [0.3, 0.4) is 0 Å². The average molecular weight is 248 g/mol. The predicted octanol–water partition coefficient (Wildman–Crippen LogP) is 2.26. The summed E-state index contributed by atoms with van der Waals surface area (Å²) in [6.07, 6.45) is 2.49. The predicted molar refractivity (Wildman–Crippen MR) is 70.4 cm³/mol. The van der Waals surface area contributed by atoms with Gasteiger partial charge in [-0.1, -0.05) is 5.22 Å². The summed E-state index contributed by atoms with van der Waals surface area (Å²) in [5.74, 6) is 0.971. The van der Waals surface area contributed by atoms with Crippen molar-refractivity contribution in [3.8, 4) is 0 Å². The highest BCUT2D eigenvalue weighted by atomic mass is 32.2. The molecule has 0 saturated heterocycles. The van der Waals surface area contributed by atoms with E-state index in [1.165, 1.54) is 4.90 Å². The van der Waals surface area contributed by atoms with Gasteiger partial charge in [0, 0.05) is 4.90 Å². The van der Waals surface area contributed by atoms with Crippen molar-refractivity contribution in [3.05, 3.63) is 24.3 Å². The van der Waals surface area contributed by atoms with E-state index in [1.54, 1.807) is 11.8 Å². The van der Waals surface area contributed by atoms with E-state index in [0.29, 0.717) is 18.1 Å². The zero-order valence-electron chi connectivity index (χ0n) is 9.29. The van der Waals surface area contributed by atoms with Crippen molar-refractivity contribution in [2.75, 3.05) is 11.7 Å². The van der Waals surface area contributed by atoms with Crippen LogP contribution in [0.25, 0.3) is 0 Å². The van der Waals surface area contributed by atoms with Crippen molar-refractivity contribution in [2.45, 2.75) is 11.3 Å². The van der Waals surface area contributed by atoms with Crippen LogP contribution in [0.15, 0.2) is 49.7 Å². The number of hydrogen-bond acceptors (Lipinski definition) is 6. The Balaban J connectivity index is 1.87. The molecule has 7 heteroatoms. The van der Waals surface area contributed by atoms with Crippen LogP contribution < -0.4 is 11.2 Å². The molecule has 0 spiro atoms. The highest BCUT2D eigenvalue weighted by Crippen LogP contribution is 2.17. The first kappa shape index (κ1) is 11.6. The van der Waals surface area contributed by atoms with E-state index in [9.17, 15) is 0 Å². The monoisotopic (exact) mass is 248 g/mol. The third-order valence-electron chi connectivity index (χ3n) is 2.07. The SMILES string of the molecule is CSc1ccc(NN=NC2=NN=C(N)C2)cc1. The normalized spacial score (nSPS) is 14.9. The minimum Gasteiger partial charge on any atom is -0.385 e. The summed E-state index contributed by atoms with van der Waals surface area (Å²) in [7, 11) is 0. The van der Waals surface area contributed by atoms with Crippen molar-refractivity contribution in [3.63, 3.8) is 0 Å². The summed E-state index contributed by atoms with van der Waals surface area (Å²) in [6, 6.07) is 7.89. The first-order valence-corrected chi connectivity index (χ1v) is 6.20. The Hall–Kier alpha value is -1.89.